The minimum Gasteiger partial charge on any atom is -0.342 e. The first-order valence-electron chi connectivity index (χ1n) is 5.32. The van der Waals surface area contributed by atoms with Crippen LogP contribution in [0.25, 0.3) is 0 Å². The SMILES string of the molecule is [CH2-]CCNCCCCNCCCN.[Y+3]. The van der Waals surface area contributed by atoms with Crippen molar-refractivity contribution >= 4 is 0 Å². The average molecular weight is 275 g/mol. The van der Waals surface area contributed by atoms with E-state index in [0.29, 0.717) is 0 Å². The second-order valence-electron chi connectivity index (χ2n) is 3.20. The Bertz CT molecular complexity index is 81.4. The fraction of sp³-hybridized carbons (Fsp3) is 0.900. The van der Waals surface area contributed by atoms with E-state index < -0.39 is 0 Å². The monoisotopic (exact) mass is 275 g/mol. The minimum absolute atomic E-state index is 0. The molecule has 3 nitrogen and oxygen atoms in total. The van der Waals surface area contributed by atoms with Crippen LogP contribution in [0.2, 0.25) is 0 Å². The zero-order valence-corrected chi connectivity index (χ0v) is 12.1. The first-order valence-corrected chi connectivity index (χ1v) is 5.32. The van der Waals surface area contributed by atoms with Gasteiger partial charge in [-0.15, -0.1) is 0 Å². The van der Waals surface area contributed by atoms with E-state index in [2.05, 4.69) is 17.6 Å². The van der Waals surface area contributed by atoms with Gasteiger partial charge in [-0.1, -0.05) is 0 Å². The van der Waals surface area contributed by atoms with Gasteiger partial charge in [-0.2, -0.15) is 6.42 Å². The van der Waals surface area contributed by atoms with Crippen LogP contribution in [0.4, 0.5) is 0 Å². The molecule has 0 saturated heterocycles. The molecule has 0 rings (SSSR count). The van der Waals surface area contributed by atoms with Gasteiger partial charge >= 0.3 is 32.7 Å². The van der Waals surface area contributed by atoms with Crippen LogP contribution in [-0.4, -0.2) is 32.7 Å². The molecule has 4 N–H and O–H groups in total. The van der Waals surface area contributed by atoms with Gasteiger partial charge in [-0.25, -0.2) is 0 Å². The third-order valence-corrected chi connectivity index (χ3v) is 1.87. The summed E-state index contributed by atoms with van der Waals surface area (Å²) in [5.41, 5.74) is 5.37. The van der Waals surface area contributed by atoms with Gasteiger partial charge in [-0.3, -0.25) is 0 Å². The average Bonchev–Trinajstić information content (AvgIpc) is 2.16. The van der Waals surface area contributed by atoms with Crippen molar-refractivity contribution in [2.45, 2.75) is 25.7 Å². The summed E-state index contributed by atoms with van der Waals surface area (Å²) in [6, 6.07) is 0. The molecular weight excluding hydrogens is 251 g/mol. The fourth-order valence-electron chi connectivity index (χ4n) is 1.10. The Balaban J connectivity index is 0. The smallest absolute Gasteiger partial charge is 0.342 e. The second-order valence-corrected chi connectivity index (χ2v) is 3.20. The molecule has 0 atom stereocenters. The first-order chi connectivity index (χ1) is 6.41. The Morgan fingerprint density at radius 2 is 1.36 bits per heavy atom. The second kappa shape index (κ2) is 16.4. The molecular formula is C10H24N3Y+2. The third-order valence-electron chi connectivity index (χ3n) is 1.87. The maximum Gasteiger partial charge on any atom is 3.00 e. The van der Waals surface area contributed by atoms with E-state index in [9.17, 15) is 0 Å². The van der Waals surface area contributed by atoms with Crippen molar-refractivity contribution in [1.82, 2.24) is 10.6 Å². The zero-order chi connectivity index (χ0) is 9.78. The summed E-state index contributed by atoms with van der Waals surface area (Å²) < 4.78 is 0. The van der Waals surface area contributed by atoms with Crippen molar-refractivity contribution in [2.75, 3.05) is 32.7 Å². The van der Waals surface area contributed by atoms with Crippen LogP contribution in [0, 0.1) is 6.92 Å². The van der Waals surface area contributed by atoms with Crippen LogP contribution in [0.1, 0.15) is 25.7 Å². The molecule has 0 spiro atoms. The van der Waals surface area contributed by atoms with Crippen molar-refractivity contribution < 1.29 is 32.7 Å². The largest absolute Gasteiger partial charge is 3.00 e. The Hall–Kier alpha value is 0.984. The number of unbranched alkanes of at least 4 members (excludes halogenated alkanes) is 1. The van der Waals surface area contributed by atoms with Gasteiger partial charge in [-0.05, 0) is 52.0 Å². The molecule has 0 aromatic heterocycles. The van der Waals surface area contributed by atoms with Gasteiger partial charge < -0.3 is 23.3 Å². The van der Waals surface area contributed by atoms with Crippen LogP contribution < -0.4 is 16.4 Å². The number of hydrogen-bond acceptors (Lipinski definition) is 3. The van der Waals surface area contributed by atoms with E-state index in [1.54, 1.807) is 0 Å². The molecule has 0 aromatic rings. The molecule has 0 radical (unpaired) electrons. The van der Waals surface area contributed by atoms with E-state index in [1.165, 1.54) is 12.8 Å². The Morgan fingerprint density at radius 1 is 0.857 bits per heavy atom. The fourth-order valence-corrected chi connectivity index (χ4v) is 1.10. The maximum absolute atomic E-state index is 5.37. The Morgan fingerprint density at radius 3 is 1.86 bits per heavy atom. The molecule has 0 aromatic carbocycles. The van der Waals surface area contributed by atoms with Crippen LogP contribution in [0.3, 0.4) is 0 Å². The van der Waals surface area contributed by atoms with E-state index in [1.807, 2.05) is 0 Å². The van der Waals surface area contributed by atoms with Crippen molar-refractivity contribution in [1.29, 1.82) is 0 Å². The number of hydrogen-bond donors (Lipinski definition) is 3. The molecule has 0 unspecified atom stereocenters. The van der Waals surface area contributed by atoms with Crippen molar-refractivity contribution in [3.63, 3.8) is 0 Å². The summed E-state index contributed by atoms with van der Waals surface area (Å²) in [6.07, 6.45) is 4.55. The van der Waals surface area contributed by atoms with E-state index >= 15 is 0 Å². The molecule has 0 aliphatic rings. The van der Waals surface area contributed by atoms with Crippen molar-refractivity contribution in [3.8, 4) is 0 Å². The molecule has 14 heavy (non-hydrogen) atoms. The molecule has 0 amide bonds. The number of rotatable bonds is 10. The molecule has 0 bridgehead atoms. The maximum atomic E-state index is 5.37. The van der Waals surface area contributed by atoms with Crippen LogP contribution in [0.15, 0.2) is 0 Å². The Labute approximate surface area is 114 Å². The quantitative estimate of drug-likeness (QED) is 0.402. The van der Waals surface area contributed by atoms with Gasteiger partial charge in [0.2, 0.25) is 0 Å². The summed E-state index contributed by atoms with van der Waals surface area (Å²) in [6.45, 7) is 8.89. The summed E-state index contributed by atoms with van der Waals surface area (Å²) >= 11 is 0. The molecule has 0 heterocycles. The molecule has 0 aliphatic heterocycles. The summed E-state index contributed by atoms with van der Waals surface area (Å²) in [5, 5.41) is 6.68. The van der Waals surface area contributed by atoms with E-state index in [-0.39, 0.29) is 32.7 Å². The molecule has 0 saturated carbocycles. The predicted molar refractivity (Wildman–Crippen MR) is 58.6 cm³/mol. The molecule has 0 fully saturated rings. The summed E-state index contributed by atoms with van der Waals surface area (Å²) in [7, 11) is 0. The zero-order valence-electron chi connectivity index (χ0n) is 9.23. The van der Waals surface area contributed by atoms with E-state index in [0.717, 1.165) is 45.6 Å². The van der Waals surface area contributed by atoms with Gasteiger partial charge in [0.1, 0.15) is 0 Å². The predicted octanol–water partition coefficient (Wildman–Crippen LogP) is 0.516. The number of nitrogens with one attached hydrogen (secondary N) is 2. The third kappa shape index (κ3) is 15.5. The topological polar surface area (TPSA) is 50.1 Å². The van der Waals surface area contributed by atoms with Crippen LogP contribution >= 0.6 is 0 Å². The van der Waals surface area contributed by atoms with Gasteiger partial charge in [0, 0.05) is 0 Å². The molecule has 4 heteroatoms. The van der Waals surface area contributed by atoms with Crippen LogP contribution in [-0.2, 0) is 32.7 Å². The minimum atomic E-state index is 0. The number of nitrogens with two attached hydrogens (primary N) is 1. The van der Waals surface area contributed by atoms with Gasteiger partial charge in [0.25, 0.3) is 0 Å². The molecule has 0 aliphatic carbocycles. The Kier molecular flexibility index (Phi) is 20.4. The molecule has 80 valence electrons. The summed E-state index contributed by atoms with van der Waals surface area (Å²) in [5.74, 6) is 0. The van der Waals surface area contributed by atoms with E-state index in [4.69, 9.17) is 5.73 Å². The van der Waals surface area contributed by atoms with Crippen LogP contribution in [0.5, 0.6) is 0 Å². The normalized spacial score (nSPS) is 9.86. The standard InChI is InChI=1S/C10H24N3.Y/c1-2-7-12-8-3-4-9-13-10-5-6-11;/h12-13H,1-11H2;/q-1;+3. The first kappa shape index (κ1) is 17.4. The van der Waals surface area contributed by atoms with Crippen molar-refractivity contribution in [2.24, 2.45) is 5.73 Å². The van der Waals surface area contributed by atoms with Gasteiger partial charge in [0.15, 0.2) is 0 Å². The van der Waals surface area contributed by atoms with Crippen molar-refractivity contribution in [3.05, 3.63) is 6.92 Å². The van der Waals surface area contributed by atoms with Gasteiger partial charge in [0.05, 0.1) is 0 Å². The summed E-state index contributed by atoms with van der Waals surface area (Å²) in [4.78, 5) is 0.